The van der Waals surface area contributed by atoms with Gasteiger partial charge in [0.05, 0.1) is 29.8 Å². The highest BCUT2D eigenvalue weighted by molar-refractivity contribution is 7.15. The smallest absolute Gasteiger partial charge is 0.161 e. The maximum Gasteiger partial charge on any atom is 0.161 e. The minimum absolute atomic E-state index is 0.623. The molecule has 0 aliphatic heterocycles. The molecule has 5 heteroatoms. The van der Waals surface area contributed by atoms with Crippen molar-refractivity contribution in [3.05, 3.63) is 28.9 Å². The second-order valence-corrected chi connectivity index (χ2v) is 5.21. The van der Waals surface area contributed by atoms with Crippen LogP contribution in [0.5, 0.6) is 11.5 Å². The van der Waals surface area contributed by atoms with Gasteiger partial charge in [-0.15, -0.1) is 11.3 Å². The summed E-state index contributed by atoms with van der Waals surface area (Å²) in [4.78, 5) is 5.70. The van der Waals surface area contributed by atoms with Crippen LogP contribution in [0.3, 0.4) is 0 Å². The van der Waals surface area contributed by atoms with Crippen LogP contribution in [0.25, 0.3) is 10.4 Å². The van der Waals surface area contributed by atoms with Gasteiger partial charge in [0, 0.05) is 6.42 Å². The Kier molecular flexibility index (Phi) is 4.39. The largest absolute Gasteiger partial charge is 0.493 e. The van der Waals surface area contributed by atoms with E-state index in [1.807, 2.05) is 25.1 Å². The molecule has 2 N–H and O–H groups in total. The van der Waals surface area contributed by atoms with E-state index in [0.29, 0.717) is 6.54 Å². The van der Waals surface area contributed by atoms with Crippen LogP contribution in [0.4, 0.5) is 0 Å². The minimum atomic E-state index is 0.623. The average Bonchev–Trinajstić information content (AvgIpc) is 2.79. The highest BCUT2D eigenvalue weighted by atomic mass is 32.1. The number of nitrogens with zero attached hydrogens (tertiary/aromatic N) is 1. The highest BCUT2D eigenvalue weighted by Crippen LogP contribution is 2.36. The summed E-state index contributed by atoms with van der Waals surface area (Å²) in [6.45, 7) is 2.64. The molecule has 102 valence electrons. The van der Waals surface area contributed by atoms with Crippen molar-refractivity contribution in [1.82, 2.24) is 4.98 Å². The Labute approximate surface area is 117 Å². The van der Waals surface area contributed by atoms with Crippen molar-refractivity contribution in [3.8, 4) is 21.9 Å². The molecule has 0 atom stereocenters. The van der Waals surface area contributed by atoms with Crippen molar-refractivity contribution >= 4 is 11.3 Å². The van der Waals surface area contributed by atoms with E-state index in [2.05, 4.69) is 4.98 Å². The summed E-state index contributed by atoms with van der Waals surface area (Å²) in [5.74, 6) is 1.46. The molecule has 0 aliphatic rings. The van der Waals surface area contributed by atoms with Gasteiger partial charge < -0.3 is 15.2 Å². The van der Waals surface area contributed by atoms with Crippen molar-refractivity contribution in [3.63, 3.8) is 0 Å². The first-order valence-corrected chi connectivity index (χ1v) is 6.90. The standard InChI is InChI=1S/C14H18N2O2S/c1-9-14(19-13(16-9)6-7-15)10-4-5-11(17-2)12(8-10)18-3/h4-5,8H,6-7,15H2,1-3H3. The number of hydrogen-bond donors (Lipinski definition) is 1. The molecule has 0 unspecified atom stereocenters. The fourth-order valence-corrected chi connectivity index (χ4v) is 3.00. The zero-order chi connectivity index (χ0) is 13.8. The molecule has 1 aromatic heterocycles. The first-order valence-electron chi connectivity index (χ1n) is 6.08. The SMILES string of the molecule is COc1ccc(-c2sc(CCN)nc2C)cc1OC. The van der Waals surface area contributed by atoms with Crippen LogP contribution in [0.15, 0.2) is 18.2 Å². The molecule has 1 heterocycles. The number of thiazole rings is 1. The second-order valence-electron chi connectivity index (χ2n) is 4.13. The van der Waals surface area contributed by atoms with Gasteiger partial charge in [-0.3, -0.25) is 0 Å². The summed E-state index contributed by atoms with van der Waals surface area (Å²) in [5, 5.41) is 1.07. The van der Waals surface area contributed by atoms with Crippen LogP contribution < -0.4 is 15.2 Å². The Hall–Kier alpha value is -1.59. The molecule has 0 saturated carbocycles. The number of methoxy groups -OCH3 is 2. The number of hydrogen-bond acceptors (Lipinski definition) is 5. The number of rotatable bonds is 5. The first kappa shape index (κ1) is 13.8. The number of ether oxygens (including phenoxy) is 2. The van der Waals surface area contributed by atoms with Crippen LogP contribution >= 0.6 is 11.3 Å². The predicted octanol–water partition coefficient (Wildman–Crippen LogP) is 2.64. The molecule has 0 bridgehead atoms. The minimum Gasteiger partial charge on any atom is -0.493 e. The zero-order valence-corrected chi connectivity index (χ0v) is 12.2. The Morgan fingerprint density at radius 2 is 1.95 bits per heavy atom. The van der Waals surface area contributed by atoms with E-state index in [1.165, 1.54) is 0 Å². The highest BCUT2D eigenvalue weighted by Gasteiger charge is 2.12. The Morgan fingerprint density at radius 3 is 2.58 bits per heavy atom. The third-order valence-electron chi connectivity index (χ3n) is 2.84. The van der Waals surface area contributed by atoms with E-state index < -0.39 is 0 Å². The lowest BCUT2D eigenvalue weighted by atomic mass is 10.1. The molecule has 0 aliphatic carbocycles. The summed E-state index contributed by atoms with van der Waals surface area (Å²) in [7, 11) is 3.27. The maximum absolute atomic E-state index is 5.57. The molecule has 2 aromatic rings. The van der Waals surface area contributed by atoms with Gasteiger partial charge in [-0.25, -0.2) is 4.98 Å². The topological polar surface area (TPSA) is 57.4 Å². The van der Waals surface area contributed by atoms with Gasteiger partial charge in [-0.1, -0.05) is 0 Å². The first-order chi connectivity index (χ1) is 9.19. The van der Waals surface area contributed by atoms with E-state index in [9.17, 15) is 0 Å². The van der Waals surface area contributed by atoms with Crippen LogP contribution in [-0.4, -0.2) is 25.7 Å². The fourth-order valence-electron chi connectivity index (χ4n) is 1.93. The quantitative estimate of drug-likeness (QED) is 0.913. The van der Waals surface area contributed by atoms with Crippen molar-refractivity contribution < 1.29 is 9.47 Å². The molecule has 1 aromatic carbocycles. The van der Waals surface area contributed by atoms with Crippen LogP contribution in [0.2, 0.25) is 0 Å². The third-order valence-corrected chi connectivity index (χ3v) is 4.11. The van der Waals surface area contributed by atoms with Gasteiger partial charge in [0.1, 0.15) is 0 Å². The summed E-state index contributed by atoms with van der Waals surface area (Å²) in [6.07, 6.45) is 0.818. The molecule has 0 amide bonds. The summed E-state index contributed by atoms with van der Waals surface area (Å²) in [5.41, 5.74) is 7.69. The Bertz CT molecular complexity index is 567. The van der Waals surface area contributed by atoms with Gasteiger partial charge in [-0.2, -0.15) is 0 Å². The molecule has 4 nitrogen and oxygen atoms in total. The van der Waals surface area contributed by atoms with Crippen molar-refractivity contribution in [2.24, 2.45) is 5.73 Å². The lowest BCUT2D eigenvalue weighted by Gasteiger charge is -2.08. The number of aromatic nitrogens is 1. The number of aryl methyl sites for hydroxylation is 1. The monoisotopic (exact) mass is 278 g/mol. The summed E-state index contributed by atoms with van der Waals surface area (Å²) < 4.78 is 10.6. The Morgan fingerprint density at radius 1 is 1.21 bits per heavy atom. The third kappa shape index (κ3) is 2.88. The molecular weight excluding hydrogens is 260 g/mol. The van der Waals surface area contributed by atoms with E-state index in [4.69, 9.17) is 15.2 Å². The molecule has 0 fully saturated rings. The van der Waals surface area contributed by atoms with E-state index in [0.717, 1.165) is 39.1 Å². The molecule has 0 spiro atoms. The number of benzene rings is 1. The van der Waals surface area contributed by atoms with E-state index in [-0.39, 0.29) is 0 Å². The van der Waals surface area contributed by atoms with Crippen molar-refractivity contribution in [2.45, 2.75) is 13.3 Å². The van der Waals surface area contributed by atoms with Crippen LogP contribution in [0, 0.1) is 6.92 Å². The molecule has 2 rings (SSSR count). The fraction of sp³-hybridized carbons (Fsp3) is 0.357. The zero-order valence-electron chi connectivity index (χ0n) is 11.4. The lowest BCUT2D eigenvalue weighted by Crippen LogP contribution is -2.01. The van der Waals surface area contributed by atoms with Crippen molar-refractivity contribution in [1.29, 1.82) is 0 Å². The van der Waals surface area contributed by atoms with E-state index in [1.54, 1.807) is 25.6 Å². The van der Waals surface area contributed by atoms with Crippen molar-refractivity contribution in [2.75, 3.05) is 20.8 Å². The van der Waals surface area contributed by atoms with Gasteiger partial charge >= 0.3 is 0 Å². The molecule has 0 radical (unpaired) electrons. The van der Waals surface area contributed by atoms with Gasteiger partial charge in [0.15, 0.2) is 11.5 Å². The molecule has 0 saturated heterocycles. The lowest BCUT2D eigenvalue weighted by molar-refractivity contribution is 0.355. The van der Waals surface area contributed by atoms with Gasteiger partial charge in [0.25, 0.3) is 0 Å². The predicted molar refractivity (Wildman–Crippen MR) is 78.1 cm³/mol. The summed E-state index contributed by atoms with van der Waals surface area (Å²) >= 11 is 1.68. The molecule has 19 heavy (non-hydrogen) atoms. The van der Waals surface area contributed by atoms with Crippen LogP contribution in [-0.2, 0) is 6.42 Å². The Balaban J connectivity index is 2.41. The van der Waals surface area contributed by atoms with Gasteiger partial charge in [0.2, 0.25) is 0 Å². The summed E-state index contributed by atoms with van der Waals surface area (Å²) in [6, 6.07) is 5.91. The molecular formula is C14H18N2O2S. The van der Waals surface area contributed by atoms with E-state index >= 15 is 0 Å². The van der Waals surface area contributed by atoms with Gasteiger partial charge in [-0.05, 0) is 37.2 Å². The number of nitrogens with two attached hydrogens (primary N) is 1. The van der Waals surface area contributed by atoms with Crippen LogP contribution in [0.1, 0.15) is 10.7 Å². The normalized spacial score (nSPS) is 10.5. The second kappa shape index (κ2) is 6.04. The average molecular weight is 278 g/mol. The maximum atomic E-state index is 5.57.